The molecule has 1 aromatic rings. The molecule has 0 amide bonds. The molecule has 18 heavy (non-hydrogen) atoms. The monoisotopic (exact) mass is 279 g/mol. The molecular formula is C13H17N3S2. The molecule has 0 aliphatic heterocycles. The summed E-state index contributed by atoms with van der Waals surface area (Å²) in [5, 5.41) is 10.1. The molecule has 0 aromatic carbocycles. The van der Waals surface area contributed by atoms with E-state index < -0.39 is 0 Å². The number of hydrogen-bond donors (Lipinski definition) is 2. The SMILES string of the molecule is CC1=CC(=NNC(=S)NCCc2cccs2)CC1. The summed E-state index contributed by atoms with van der Waals surface area (Å²) in [5.41, 5.74) is 5.35. The number of nitrogens with one attached hydrogen (secondary N) is 2. The van der Waals surface area contributed by atoms with Gasteiger partial charge in [0.2, 0.25) is 0 Å². The van der Waals surface area contributed by atoms with Crippen molar-refractivity contribution in [3.63, 3.8) is 0 Å². The van der Waals surface area contributed by atoms with Gasteiger partial charge in [0.05, 0.1) is 5.71 Å². The largest absolute Gasteiger partial charge is 0.361 e. The number of thiophene rings is 1. The summed E-state index contributed by atoms with van der Waals surface area (Å²) in [6.07, 6.45) is 5.23. The van der Waals surface area contributed by atoms with Gasteiger partial charge in [-0.1, -0.05) is 11.6 Å². The van der Waals surface area contributed by atoms with Crippen LogP contribution in [0.1, 0.15) is 24.6 Å². The van der Waals surface area contributed by atoms with Crippen LogP contribution in [0.4, 0.5) is 0 Å². The average molecular weight is 279 g/mol. The van der Waals surface area contributed by atoms with Crippen molar-refractivity contribution in [3.05, 3.63) is 34.0 Å². The van der Waals surface area contributed by atoms with Crippen LogP contribution in [0.15, 0.2) is 34.3 Å². The molecule has 1 aliphatic rings. The molecule has 0 bridgehead atoms. The number of thiocarbonyl (C=S) groups is 1. The molecular weight excluding hydrogens is 262 g/mol. The van der Waals surface area contributed by atoms with Crippen molar-refractivity contribution in [1.29, 1.82) is 0 Å². The Kier molecular flexibility index (Phi) is 4.90. The number of allylic oxidation sites excluding steroid dienone is 2. The third kappa shape index (κ3) is 4.23. The molecule has 0 saturated heterocycles. The van der Waals surface area contributed by atoms with E-state index in [0.717, 1.165) is 31.5 Å². The molecule has 1 aromatic heterocycles. The van der Waals surface area contributed by atoms with Crippen LogP contribution in [-0.2, 0) is 6.42 Å². The Morgan fingerprint density at radius 2 is 2.39 bits per heavy atom. The van der Waals surface area contributed by atoms with Gasteiger partial charge in [-0.15, -0.1) is 11.3 Å². The predicted octanol–water partition coefficient (Wildman–Crippen LogP) is 2.85. The van der Waals surface area contributed by atoms with E-state index in [1.54, 1.807) is 11.3 Å². The van der Waals surface area contributed by atoms with Gasteiger partial charge in [0.15, 0.2) is 5.11 Å². The highest BCUT2D eigenvalue weighted by atomic mass is 32.1. The normalized spacial score (nSPS) is 16.7. The maximum Gasteiger partial charge on any atom is 0.186 e. The third-order valence-electron chi connectivity index (χ3n) is 2.73. The van der Waals surface area contributed by atoms with Crippen LogP contribution >= 0.6 is 23.6 Å². The summed E-state index contributed by atoms with van der Waals surface area (Å²) in [6, 6.07) is 4.20. The lowest BCUT2D eigenvalue weighted by molar-refractivity contribution is 0.843. The molecule has 96 valence electrons. The first kappa shape index (κ1) is 13.2. The summed E-state index contributed by atoms with van der Waals surface area (Å²) in [7, 11) is 0. The summed E-state index contributed by atoms with van der Waals surface area (Å²) in [4.78, 5) is 1.37. The van der Waals surface area contributed by atoms with Crippen molar-refractivity contribution in [2.24, 2.45) is 5.10 Å². The second kappa shape index (κ2) is 6.66. The van der Waals surface area contributed by atoms with E-state index in [0.29, 0.717) is 5.11 Å². The number of nitrogens with zero attached hydrogens (tertiary/aromatic N) is 1. The van der Waals surface area contributed by atoms with Crippen LogP contribution in [0, 0.1) is 0 Å². The Morgan fingerprint density at radius 3 is 3.06 bits per heavy atom. The highest BCUT2D eigenvalue weighted by Gasteiger charge is 2.06. The van der Waals surface area contributed by atoms with E-state index >= 15 is 0 Å². The molecule has 0 saturated carbocycles. The standard InChI is InChI=1S/C13H17N3S2/c1-10-4-5-11(9-10)15-16-13(17)14-7-6-12-3-2-8-18-12/h2-3,8-9H,4-7H2,1H3,(H2,14,16,17). The van der Waals surface area contributed by atoms with Crippen molar-refractivity contribution < 1.29 is 0 Å². The van der Waals surface area contributed by atoms with Crippen LogP contribution < -0.4 is 10.7 Å². The van der Waals surface area contributed by atoms with Gasteiger partial charge in [-0.3, -0.25) is 5.43 Å². The zero-order valence-electron chi connectivity index (χ0n) is 10.4. The van der Waals surface area contributed by atoms with Gasteiger partial charge in [0, 0.05) is 11.4 Å². The molecule has 5 heteroatoms. The molecule has 2 N–H and O–H groups in total. The van der Waals surface area contributed by atoms with Crippen LogP contribution in [0.2, 0.25) is 0 Å². The predicted molar refractivity (Wildman–Crippen MR) is 82.2 cm³/mol. The van der Waals surface area contributed by atoms with E-state index in [2.05, 4.69) is 46.4 Å². The Labute approximate surface area is 117 Å². The quantitative estimate of drug-likeness (QED) is 0.657. The van der Waals surface area contributed by atoms with Gasteiger partial charge in [-0.2, -0.15) is 5.10 Å². The second-order valence-electron chi connectivity index (χ2n) is 4.29. The molecule has 3 nitrogen and oxygen atoms in total. The van der Waals surface area contributed by atoms with Crippen LogP contribution in [0.5, 0.6) is 0 Å². The van der Waals surface area contributed by atoms with Gasteiger partial charge >= 0.3 is 0 Å². The Morgan fingerprint density at radius 1 is 1.50 bits per heavy atom. The fourth-order valence-electron chi connectivity index (χ4n) is 1.76. The third-order valence-corrected chi connectivity index (χ3v) is 3.90. The summed E-state index contributed by atoms with van der Waals surface area (Å²) < 4.78 is 0. The molecule has 0 radical (unpaired) electrons. The number of hydrogen-bond acceptors (Lipinski definition) is 3. The summed E-state index contributed by atoms with van der Waals surface area (Å²) in [5.74, 6) is 0. The number of hydrazone groups is 1. The topological polar surface area (TPSA) is 36.4 Å². The van der Waals surface area contributed by atoms with Crippen LogP contribution in [-0.4, -0.2) is 17.4 Å². The Bertz CT molecular complexity index is 461. The van der Waals surface area contributed by atoms with Crippen molar-refractivity contribution >= 4 is 34.4 Å². The van der Waals surface area contributed by atoms with Crippen molar-refractivity contribution in [2.45, 2.75) is 26.2 Å². The minimum absolute atomic E-state index is 0.594. The molecule has 0 fully saturated rings. The fraction of sp³-hybridized carbons (Fsp3) is 0.385. The highest BCUT2D eigenvalue weighted by molar-refractivity contribution is 7.80. The fourth-order valence-corrected chi connectivity index (χ4v) is 2.62. The lowest BCUT2D eigenvalue weighted by Crippen LogP contribution is -2.33. The van der Waals surface area contributed by atoms with E-state index in [-0.39, 0.29) is 0 Å². The average Bonchev–Trinajstić information content (AvgIpc) is 2.98. The highest BCUT2D eigenvalue weighted by Crippen LogP contribution is 2.14. The second-order valence-corrected chi connectivity index (χ2v) is 5.73. The zero-order chi connectivity index (χ0) is 12.8. The minimum Gasteiger partial charge on any atom is -0.361 e. The van der Waals surface area contributed by atoms with Crippen molar-refractivity contribution in [3.8, 4) is 0 Å². The van der Waals surface area contributed by atoms with Crippen LogP contribution in [0.3, 0.4) is 0 Å². The molecule has 0 spiro atoms. The Balaban J connectivity index is 1.66. The first-order chi connectivity index (χ1) is 8.74. The molecule has 1 aliphatic carbocycles. The Hall–Kier alpha value is -1.20. The lowest BCUT2D eigenvalue weighted by atomic mass is 10.3. The molecule has 1 heterocycles. The minimum atomic E-state index is 0.594. The number of rotatable bonds is 4. The maximum absolute atomic E-state index is 5.17. The molecule has 0 atom stereocenters. The first-order valence-corrected chi connectivity index (χ1v) is 7.33. The summed E-state index contributed by atoms with van der Waals surface area (Å²) in [6.45, 7) is 2.96. The van der Waals surface area contributed by atoms with Gasteiger partial charge in [-0.05, 0) is 55.9 Å². The van der Waals surface area contributed by atoms with Crippen LogP contribution in [0.25, 0.3) is 0 Å². The van der Waals surface area contributed by atoms with E-state index in [1.807, 2.05) is 0 Å². The van der Waals surface area contributed by atoms with Gasteiger partial charge in [0.25, 0.3) is 0 Å². The lowest BCUT2D eigenvalue weighted by Gasteiger charge is -2.06. The molecule has 0 unspecified atom stereocenters. The van der Waals surface area contributed by atoms with Crippen molar-refractivity contribution in [1.82, 2.24) is 10.7 Å². The smallest absolute Gasteiger partial charge is 0.186 e. The maximum atomic E-state index is 5.17. The van der Waals surface area contributed by atoms with Gasteiger partial charge in [-0.25, -0.2) is 0 Å². The van der Waals surface area contributed by atoms with E-state index in [9.17, 15) is 0 Å². The van der Waals surface area contributed by atoms with E-state index in [4.69, 9.17) is 12.2 Å². The zero-order valence-corrected chi connectivity index (χ0v) is 12.0. The van der Waals surface area contributed by atoms with Gasteiger partial charge in [0.1, 0.15) is 0 Å². The van der Waals surface area contributed by atoms with Gasteiger partial charge < -0.3 is 5.32 Å². The van der Waals surface area contributed by atoms with E-state index in [1.165, 1.54) is 10.5 Å². The molecule has 2 rings (SSSR count). The first-order valence-electron chi connectivity index (χ1n) is 6.04. The summed E-state index contributed by atoms with van der Waals surface area (Å²) >= 11 is 6.94. The van der Waals surface area contributed by atoms with Crippen molar-refractivity contribution in [2.75, 3.05) is 6.54 Å².